The lowest BCUT2D eigenvalue weighted by Gasteiger charge is -2.33. The quantitative estimate of drug-likeness (QED) is 0.736. The normalized spacial score (nSPS) is 17.9. The van der Waals surface area contributed by atoms with Crippen LogP contribution in [0.5, 0.6) is 0 Å². The summed E-state index contributed by atoms with van der Waals surface area (Å²) in [5.41, 5.74) is 5.93. The van der Waals surface area contributed by atoms with E-state index in [2.05, 4.69) is 6.92 Å². The molecule has 0 unspecified atom stereocenters. The zero-order chi connectivity index (χ0) is 14.1. The first-order valence-electron chi connectivity index (χ1n) is 7.75. The Balaban J connectivity index is 0.00000361. The molecule has 0 saturated heterocycles. The summed E-state index contributed by atoms with van der Waals surface area (Å²) in [4.78, 5) is 14.5. The molecule has 1 aliphatic rings. The molecule has 20 heavy (non-hydrogen) atoms. The van der Waals surface area contributed by atoms with E-state index in [0.29, 0.717) is 12.6 Å². The highest BCUT2D eigenvalue weighted by Crippen LogP contribution is 2.22. The molecule has 0 aromatic carbocycles. The van der Waals surface area contributed by atoms with Crippen LogP contribution in [0.3, 0.4) is 0 Å². The highest BCUT2D eigenvalue weighted by atomic mass is 35.5. The minimum Gasteiger partial charge on any atom is -0.383 e. The second-order valence-electron chi connectivity index (χ2n) is 5.59. The Hall–Kier alpha value is -0.320. The van der Waals surface area contributed by atoms with Gasteiger partial charge in [-0.2, -0.15) is 0 Å². The van der Waals surface area contributed by atoms with Gasteiger partial charge in [0.25, 0.3) is 0 Å². The van der Waals surface area contributed by atoms with Gasteiger partial charge in [-0.15, -0.1) is 12.4 Å². The van der Waals surface area contributed by atoms with E-state index in [4.69, 9.17) is 10.5 Å². The summed E-state index contributed by atoms with van der Waals surface area (Å²) in [5.74, 6) is 0.0715. The predicted molar refractivity (Wildman–Crippen MR) is 85.2 cm³/mol. The molecule has 1 amide bonds. The first kappa shape index (κ1) is 19.7. The first-order valence-corrected chi connectivity index (χ1v) is 7.75. The van der Waals surface area contributed by atoms with Crippen LogP contribution in [0.2, 0.25) is 0 Å². The smallest absolute Gasteiger partial charge is 0.242 e. The number of amides is 1. The monoisotopic (exact) mass is 306 g/mol. The average molecular weight is 307 g/mol. The molecule has 0 aliphatic heterocycles. The van der Waals surface area contributed by atoms with E-state index in [-0.39, 0.29) is 18.3 Å². The number of nitrogens with two attached hydrogens (primary N) is 1. The predicted octanol–water partition coefficient (Wildman–Crippen LogP) is 2.73. The second-order valence-corrected chi connectivity index (χ2v) is 5.59. The molecule has 0 bridgehead atoms. The van der Waals surface area contributed by atoms with Crippen LogP contribution >= 0.6 is 12.4 Å². The van der Waals surface area contributed by atoms with Crippen molar-refractivity contribution in [3.63, 3.8) is 0 Å². The zero-order valence-electron chi connectivity index (χ0n) is 13.0. The van der Waals surface area contributed by atoms with Crippen LogP contribution in [-0.4, -0.2) is 43.2 Å². The highest BCUT2D eigenvalue weighted by Gasteiger charge is 2.27. The number of unbranched alkanes of at least 4 members (excludes halogenated alkanes) is 1. The maximum atomic E-state index is 12.5. The third-order valence-electron chi connectivity index (χ3n) is 3.96. The number of nitrogens with zero attached hydrogens (tertiary/aromatic N) is 1. The van der Waals surface area contributed by atoms with Gasteiger partial charge in [0.05, 0.1) is 6.61 Å². The van der Waals surface area contributed by atoms with Gasteiger partial charge in [0.2, 0.25) is 5.91 Å². The number of carbonyl (C=O) groups is 1. The summed E-state index contributed by atoms with van der Waals surface area (Å²) in [6.45, 7) is 3.32. The van der Waals surface area contributed by atoms with Crippen molar-refractivity contribution in [1.29, 1.82) is 0 Å². The van der Waals surface area contributed by atoms with E-state index in [9.17, 15) is 4.79 Å². The Morgan fingerprint density at radius 1 is 1.30 bits per heavy atom. The molecule has 0 heterocycles. The van der Waals surface area contributed by atoms with E-state index in [1.807, 2.05) is 4.90 Å². The minimum atomic E-state index is -0.509. The van der Waals surface area contributed by atoms with Gasteiger partial charge >= 0.3 is 0 Å². The molecule has 1 atom stereocenters. The Morgan fingerprint density at radius 3 is 2.40 bits per heavy atom. The molecular weight excluding hydrogens is 276 g/mol. The number of hydrogen-bond acceptors (Lipinski definition) is 3. The average Bonchev–Trinajstić information content (AvgIpc) is 2.68. The number of methoxy groups -OCH3 is 1. The van der Waals surface area contributed by atoms with Crippen LogP contribution in [0, 0.1) is 0 Å². The number of carbonyl (C=O) groups excluding carboxylic acids is 1. The summed E-state index contributed by atoms with van der Waals surface area (Å²) in [6.07, 6.45) is 9.51. The lowest BCUT2D eigenvalue weighted by Crippen LogP contribution is -2.50. The summed E-state index contributed by atoms with van der Waals surface area (Å²) < 4.78 is 5.02. The zero-order valence-corrected chi connectivity index (χ0v) is 13.8. The van der Waals surface area contributed by atoms with Gasteiger partial charge in [-0.05, 0) is 19.3 Å². The van der Waals surface area contributed by atoms with Crippen molar-refractivity contribution in [2.45, 2.75) is 70.4 Å². The molecule has 0 aromatic heterocycles. The van der Waals surface area contributed by atoms with Crippen LogP contribution in [0.4, 0.5) is 0 Å². The summed E-state index contributed by atoms with van der Waals surface area (Å²) >= 11 is 0. The van der Waals surface area contributed by atoms with E-state index >= 15 is 0 Å². The first-order chi connectivity index (χ1) is 9.20. The van der Waals surface area contributed by atoms with Crippen LogP contribution in [0.15, 0.2) is 0 Å². The van der Waals surface area contributed by atoms with Gasteiger partial charge in [-0.25, -0.2) is 0 Å². The molecule has 2 N–H and O–H groups in total. The second kappa shape index (κ2) is 11.4. The number of ether oxygens (including phenoxy) is 1. The van der Waals surface area contributed by atoms with E-state index in [1.54, 1.807) is 7.11 Å². The van der Waals surface area contributed by atoms with Crippen molar-refractivity contribution in [3.05, 3.63) is 0 Å². The SMILES string of the molecule is CCCCN(C(=O)[C@@H](N)COC)C1CCCCCC1.Cl. The molecule has 0 radical (unpaired) electrons. The molecule has 0 aromatic rings. The van der Waals surface area contributed by atoms with Crippen LogP contribution in [-0.2, 0) is 9.53 Å². The van der Waals surface area contributed by atoms with Crippen molar-refractivity contribution >= 4 is 18.3 Å². The van der Waals surface area contributed by atoms with Gasteiger partial charge in [0.15, 0.2) is 0 Å². The van der Waals surface area contributed by atoms with Gasteiger partial charge in [-0.1, -0.05) is 39.0 Å². The molecule has 5 heteroatoms. The van der Waals surface area contributed by atoms with E-state index in [0.717, 1.165) is 32.2 Å². The van der Waals surface area contributed by atoms with Crippen LogP contribution in [0.1, 0.15) is 58.3 Å². The largest absolute Gasteiger partial charge is 0.383 e. The standard InChI is InChI=1S/C15H30N2O2.ClH/c1-3-4-11-17(15(18)14(16)12-19-2)13-9-7-5-6-8-10-13;/h13-14H,3-12,16H2,1-2H3;1H/t14-;/m0./s1. The van der Waals surface area contributed by atoms with Crippen molar-refractivity contribution < 1.29 is 9.53 Å². The summed E-state index contributed by atoms with van der Waals surface area (Å²) in [5, 5.41) is 0. The van der Waals surface area contributed by atoms with E-state index in [1.165, 1.54) is 25.7 Å². The van der Waals surface area contributed by atoms with Crippen molar-refractivity contribution in [1.82, 2.24) is 4.90 Å². The highest BCUT2D eigenvalue weighted by molar-refractivity contribution is 5.85. The maximum absolute atomic E-state index is 12.5. The van der Waals surface area contributed by atoms with Crippen LogP contribution < -0.4 is 5.73 Å². The molecule has 1 fully saturated rings. The molecule has 1 aliphatic carbocycles. The topological polar surface area (TPSA) is 55.6 Å². The number of rotatable bonds is 7. The molecule has 120 valence electrons. The number of halogens is 1. The molecule has 1 rings (SSSR count). The van der Waals surface area contributed by atoms with Gasteiger partial charge in [0.1, 0.15) is 6.04 Å². The fourth-order valence-electron chi connectivity index (χ4n) is 2.83. The third kappa shape index (κ3) is 6.42. The van der Waals surface area contributed by atoms with Crippen molar-refractivity contribution in [3.8, 4) is 0 Å². The summed E-state index contributed by atoms with van der Waals surface area (Å²) in [7, 11) is 1.59. The van der Waals surface area contributed by atoms with Gasteiger partial charge in [-0.3, -0.25) is 4.79 Å². The van der Waals surface area contributed by atoms with Crippen molar-refractivity contribution in [2.75, 3.05) is 20.3 Å². The Kier molecular flexibility index (Phi) is 11.2. The molecule has 1 saturated carbocycles. The summed E-state index contributed by atoms with van der Waals surface area (Å²) in [6, 6.07) is -0.116. The number of hydrogen-bond donors (Lipinski definition) is 1. The fraction of sp³-hybridized carbons (Fsp3) is 0.933. The molecular formula is C15H31ClN2O2. The van der Waals surface area contributed by atoms with Crippen molar-refractivity contribution in [2.24, 2.45) is 5.73 Å². The maximum Gasteiger partial charge on any atom is 0.242 e. The third-order valence-corrected chi connectivity index (χ3v) is 3.96. The lowest BCUT2D eigenvalue weighted by molar-refractivity contribution is -0.136. The Labute approximate surface area is 129 Å². The fourth-order valence-corrected chi connectivity index (χ4v) is 2.83. The minimum absolute atomic E-state index is 0. The lowest BCUT2D eigenvalue weighted by atomic mass is 10.1. The van der Waals surface area contributed by atoms with Gasteiger partial charge < -0.3 is 15.4 Å². The Morgan fingerprint density at radius 2 is 1.90 bits per heavy atom. The Bertz CT molecular complexity index is 256. The molecule has 4 nitrogen and oxygen atoms in total. The van der Waals surface area contributed by atoms with E-state index < -0.39 is 6.04 Å². The molecule has 0 spiro atoms. The van der Waals surface area contributed by atoms with Crippen LogP contribution in [0.25, 0.3) is 0 Å². The van der Waals surface area contributed by atoms with Gasteiger partial charge in [0, 0.05) is 19.7 Å².